The lowest BCUT2D eigenvalue weighted by atomic mass is 9.94. The molecule has 2 aromatic rings. The van der Waals surface area contributed by atoms with Crippen LogP contribution in [0.2, 0.25) is 0 Å². The lowest BCUT2D eigenvalue weighted by Crippen LogP contribution is -2.47. The van der Waals surface area contributed by atoms with Crippen molar-refractivity contribution in [3.8, 4) is 0 Å². The zero-order chi connectivity index (χ0) is 18.1. The van der Waals surface area contributed by atoms with Gasteiger partial charge in [-0.05, 0) is 25.0 Å². The number of carbonyl (C=O) groups is 1. The highest BCUT2D eigenvalue weighted by Gasteiger charge is 2.58. The molecule has 1 fully saturated rings. The standard InChI is InChI=1S/C17H19F3N2O2S/c18-17(19,20)16(24,10-14(23)21-11-6-2-1-3-7-11)15-22-12-8-4-5-9-13(12)25-15/h4-5,8-9,11,24H,1-3,6-7,10H2,(H,21,23)/t16-/m0/s1. The number of rotatable bonds is 4. The third-order valence-electron chi connectivity index (χ3n) is 4.50. The third-order valence-corrected chi connectivity index (χ3v) is 5.69. The predicted molar refractivity (Wildman–Crippen MR) is 89.2 cm³/mol. The van der Waals surface area contributed by atoms with Crippen LogP contribution in [0.25, 0.3) is 10.2 Å². The second-order valence-electron chi connectivity index (χ2n) is 6.42. The molecule has 0 bridgehead atoms. The van der Waals surface area contributed by atoms with E-state index < -0.39 is 29.1 Å². The number of amides is 1. The minimum atomic E-state index is -5.00. The lowest BCUT2D eigenvalue weighted by molar-refractivity contribution is -0.267. The van der Waals surface area contributed by atoms with Crippen LogP contribution in [0.5, 0.6) is 0 Å². The van der Waals surface area contributed by atoms with E-state index in [4.69, 9.17) is 0 Å². The molecule has 0 saturated heterocycles. The number of nitrogens with one attached hydrogen (secondary N) is 1. The van der Waals surface area contributed by atoms with E-state index in [1.807, 2.05) is 0 Å². The van der Waals surface area contributed by atoms with Crippen LogP contribution >= 0.6 is 11.3 Å². The largest absolute Gasteiger partial charge is 0.424 e. The first-order valence-corrected chi connectivity index (χ1v) is 9.06. The Bertz CT molecular complexity index is 723. The van der Waals surface area contributed by atoms with Crippen molar-refractivity contribution in [2.45, 2.75) is 56.3 Å². The van der Waals surface area contributed by atoms with Gasteiger partial charge >= 0.3 is 6.18 Å². The van der Waals surface area contributed by atoms with Gasteiger partial charge in [-0.1, -0.05) is 31.4 Å². The average molecular weight is 372 g/mol. The van der Waals surface area contributed by atoms with Gasteiger partial charge in [-0.25, -0.2) is 4.98 Å². The number of alkyl halides is 3. The molecule has 8 heteroatoms. The first-order valence-electron chi connectivity index (χ1n) is 8.24. The molecule has 1 atom stereocenters. The number of carbonyl (C=O) groups excluding carboxylic acids is 1. The van der Waals surface area contributed by atoms with Crippen molar-refractivity contribution < 1.29 is 23.1 Å². The van der Waals surface area contributed by atoms with Crippen LogP contribution in [-0.2, 0) is 10.4 Å². The van der Waals surface area contributed by atoms with Crippen LogP contribution in [0.3, 0.4) is 0 Å². The molecule has 1 aliphatic rings. The fourth-order valence-electron chi connectivity index (χ4n) is 3.10. The number of nitrogens with zero attached hydrogens (tertiary/aromatic N) is 1. The minimum absolute atomic E-state index is 0.117. The summed E-state index contributed by atoms with van der Waals surface area (Å²) < 4.78 is 41.3. The van der Waals surface area contributed by atoms with Gasteiger partial charge in [0.2, 0.25) is 11.5 Å². The molecule has 1 saturated carbocycles. The molecule has 2 N–H and O–H groups in total. The van der Waals surface area contributed by atoms with Crippen LogP contribution in [0.4, 0.5) is 13.2 Å². The van der Waals surface area contributed by atoms with E-state index in [2.05, 4.69) is 10.3 Å². The zero-order valence-corrected chi connectivity index (χ0v) is 14.3. The molecule has 0 aliphatic heterocycles. The van der Waals surface area contributed by atoms with Gasteiger partial charge in [0.1, 0.15) is 5.01 Å². The van der Waals surface area contributed by atoms with Crippen molar-refractivity contribution >= 4 is 27.5 Å². The summed E-state index contributed by atoms with van der Waals surface area (Å²) in [7, 11) is 0. The van der Waals surface area contributed by atoms with Gasteiger partial charge in [-0.3, -0.25) is 4.79 Å². The zero-order valence-electron chi connectivity index (χ0n) is 13.5. The Morgan fingerprint density at radius 2 is 1.92 bits per heavy atom. The third kappa shape index (κ3) is 3.79. The van der Waals surface area contributed by atoms with E-state index in [-0.39, 0.29) is 6.04 Å². The molecule has 1 amide bonds. The topological polar surface area (TPSA) is 62.2 Å². The van der Waals surface area contributed by atoms with Crippen molar-refractivity contribution in [2.75, 3.05) is 0 Å². The van der Waals surface area contributed by atoms with Crippen molar-refractivity contribution in [1.82, 2.24) is 10.3 Å². The Labute approximate surface area is 147 Å². The maximum absolute atomic E-state index is 13.6. The van der Waals surface area contributed by atoms with Crippen LogP contribution in [0.15, 0.2) is 24.3 Å². The highest BCUT2D eigenvalue weighted by Crippen LogP contribution is 2.44. The molecule has 136 valence electrons. The fourth-order valence-corrected chi connectivity index (χ4v) is 4.18. The number of benzene rings is 1. The van der Waals surface area contributed by atoms with E-state index in [9.17, 15) is 23.1 Å². The molecule has 0 radical (unpaired) electrons. The van der Waals surface area contributed by atoms with Crippen LogP contribution in [-0.4, -0.2) is 28.2 Å². The molecule has 3 rings (SSSR count). The molecule has 1 heterocycles. The number of aliphatic hydroxyl groups is 1. The summed E-state index contributed by atoms with van der Waals surface area (Å²) in [5, 5.41) is 12.5. The molecular weight excluding hydrogens is 353 g/mol. The van der Waals surface area contributed by atoms with Gasteiger partial charge in [0.05, 0.1) is 16.6 Å². The summed E-state index contributed by atoms with van der Waals surface area (Å²) in [5.41, 5.74) is -2.91. The quantitative estimate of drug-likeness (QED) is 0.856. The first-order chi connectivity index (χ1) is 11.8. The summed E-state index contributed by atoms with van der Waals surface area (Å²) in [5.74, 6) is -0.800. The van der Waals surface area contributed by atoms with Gasteiger partial charge in [0.15, 0.2) is 0 Å². The smallest absolute Gasteiger partial charge is 0.374 e. The van der Waals surface area contributed by atoms with E-state index in [0.29, 0.717) is 10.2 Å². The normalized spacial score (nSPS) is 18.9. The fraction of sp³-hybridized carbons (Fsp3) is 0.529. The van der Waals surface area contributed by atoms with Gasteiger partial charge in [-0.15, -0.1) is 11.3 Å². The Hall–Kier alpha value is -1.67. The van der Waals surface area contributed by atoms with Crippen molar-refractivity contribution in [3.63, 3.8) is 0 Å². The second-order valence-corrected chi connectivity index (χ2v) is 7.45. The number of thiazole rings is 1. The first kappa shape index (κ1) is 18.1. The van der Waals surface area contributed by atoms with E-state index in [1.54, 1.807) is 24.3 Å². The molecule has 1 aromatic carbocycles. The molecule has 0 unspecified atom stereocenters. The summed E-state index contributed by atoms with van der Waals surface area (Å²) >= 11 is 0.758. The van der Waals surface area contributed by atoms with E-state index in [1.165, 1.54) is 0 Å². The van der Waals surface area contributed by atoms with E-state index in [0.717, 1.165) is 43.4 Å². The Kier molecular flexibility index (Phi) is 5.02. The molecule has 1 aromatic heterocycles. The van der Waals surface area contributed by atoms with Crippen molar-refractivity contribution in [3.05, 3.63) is 29.3 Å². The number of para-hydroxylation sites is 1. The summed E-state index contributed by atoms with van der Waals surface area (Å²) in [6.45, 7) is 0. The Morgan fingerprint density at radius 3 is 2.56 bits per heavy atom. The molecule has 4 nitrogen and oxygen atoms in total. The maximum atomic E-state index is 13.6. The molecular formula is C17H19F3N2O2S. The predicted octanol–water partition coefficient (Wildman–Crippen LogP) is 3.89. The Morgan fingerprint density at radius 1 is 1.24 bits per heavy atom. The summed E-state index contributed by atoms with van der Waals surface area (Å²) in [4.78, 5) is 16.1. The second kappa shape index (κ2) is 6.92. The van der Waals surface area contributed by atoms with Crippen LogP contribution < -0.4 is 5.32 Å². The lowest BCUT2D eigenvalue weighted by Gasteiger charge is -2.29. The van der Waals surface area contributed by atoms with Gasteiger partial charge < -0.3 is 10.4 Å². The highest BCUT2D eigenvalue weighted by atomic mass is 32.1. The van der Waals surface area contributed by atoms with Crippen LogP contribution in [0.1, 0.15) is 43.5 Å². The molecule has 1 aliphatic carbocycles. The number of hydrogen-bond acceptors (Lipinski definition) is 4. The molecule has 25 heavy (non-hydrogen) atoms. The minimum Gasteiger partial charge on any atom is -0.374 e. The molecule has 0 spiro atoms. The monoisotopic (exact) mass is 372 g/mol. The number of aromatic nitrogens is 1. The van der Waals surface area contributed by atoms with Crippen LogP contribution in [0, 0.1) is 0 Å². The maximum Gasteiger partial charge on any atom is 0.424 e. The summed E-state index contributed by atoms with van der Waals surface area (Å²) in [6, 6.07) is 6.44. The van der Waals surface area contributed by atoms with Gasteiger partial charge in [0, 0.05) is 6.04 Å². The summed E-state index contributed by atoms with van der Waals surface area (Å²) in [6.07, 6.45) is -1.57. The average Bonchev–Trinajstić information content (AvgIpc) is 2.99. The van der Waals surface area contributed by atoms with Gasteiger partial charge in [0.25, 0.3) is 0 Å². The van der Waals surface area contributed by atoms with Crippen molar-refractivity contribution in [1.29, 1.82) is 0 Å². The van der Waals surface area contributed by atoms with Crippen molar-refractivity contribution in [2.24, 2.45) is 0 Å². The number of fused-ring (bicyclic) bond motifs is 1. The number of halogens is 3. The van der Waals surface area contributed by atoms with E-state index >= 15 is 0 Å². The van der Waals surface area contributed by atoms with Gasteiger partial charge in [-0.2, -0.15) is 13.2 Å². The SMILES string of the molecule is O=C(C[C@](O)(c1nc2ccccc2s1)C(F)(F)F)NC1CCCCC1. The number of hydrogen-bond donors (Lipinski definition) is 2. The highest BCUT2D eigenvalue weighted by molar-refractivity contribution is 7.18. The Balaban J connectivity index is 1.84.